The van der Waals surface area contributed by atoms with Crippen LogP contribution in [0.25, 0.3) is 0 Å². The minimum atomic E-state index is -0.523. The fourth-order valence-corrected chi connectivity index (χ4v) is 3.04. The molecule has 1 amide bonds. The van der Waals surface area contributed by atoms with Crippen molar-refractivity contribution in [2.45, 2.75) is 52.2 Å². The number of amides is 1. The van der Waals surface area contributed by atoms with Crippen LogP contribution in [0.3, 0.4) is 0 Å². The van der Waals surface area contributed by atoms with Crippen molar-refractivity contribution in [2.75, 3.05) is 38.7 Å². The average Bonchev–Trinajstić information content (AvgIpc) is 2.67. The Morgan fingerprint density at radius 1 is 1.23 bits per heavy atom. The predicted molar refractivity (Wildman–Crippen MR) is 138 cm³/mol. The molecule has 0 unspecified atom stereocenters. The van der Waals surface area contributed by atoms with Crippen molar-refractivity contribution in [3.05, 3.63) is 30.1 Å². The number of pyridine rings is 1. The Balaban J connectivity index is 0.00000841. The van der Waals surface area contributed by atoms with E-state index in [9.17, 15) is 4.79 Å². The zero-order valence-electron chi connectivity index (χ0n) is 18.9. The molecule has 0 spiro atoms. The molecule has 9 heteroatoms. The van der Waals surface area contributed by atoms with Gasteiger partial charge in [-0.25, -0.2) is 4.79 Å². The zero-order chi connectivity index (χ0) is 21.5. The second-order valence-corrected chi connectivity index (χ2v) is 8.73. The molecule has 7 nitrogen and oxygen atoms in total. The molecule has 0 aliphatic heterocycles. The van der Waals surface area contributed by atoms with Crippen LogP contribution in [0.4, 0.5) is 4.79 Å². The van der Waals surface area contributed by atoms with Gasteiger partial charge in [0.05, 0.1) is 6.54 Å². The van der Waals surface area contributed by atoms with Crippen LogP contribution in [-0.4, -0.2) is 66.2 Å². The summed E-state index contributed by atoms with van der Waals surface area (Å²) < 4.78 is 5.57. The third-order valence-electron chi connectivity index (χ3n) is 3.94. The van der Waals surface area contributed by atoms with Crippen molar-refractivity contribution in [3.8, 4) is 0 Å². The number of unbranched alkanes of at least 4 members (excludes halogenated alkanes) is 1. The van der Waals surface area contributed by atoms with Crippen molar-refractivity contribution < 1.29 is 9.53 Å². The summed E-state index contributed by atoms with van der Waals surface area (Å²) in [5.41, 5.74) is 0.458. The Bertz CT molecular complexity index is 611. The summed E-state index contributed by atoms with van der Waals surface area (Å²) in [6.45, 7) is 8.32. The summed E-state index contributed by atoms with van der Waals surface area (Å²) in [5, 5.41) is 6.64. The maximum Gasteiger partial charge on any atom is 0.410 e. The highest BCUT2D eigenvalue weighted by atomic mass is 127. The molecular formula is C21H38IN5O2S. The van der Waals surface area contributed by atoms with Crippen LogP contribution >= 0.6 is 35.7 Å². The molecule has 0 aliphatic rings. The van der Waals surface area contributed by atoms with Crippen molar-refractivity contribution >= 4 is 47.8 Å². The van der Waals surface area contributed by atoms with E-state index >= 15 is 0 Å². The smallest absolute Gasteiger partial charge is 0.410 e. The topological polar surface area (TPSA) is 78.9 Å². The first-order valence-electron chi connectivity index (χ1n) is 10.2. The van der Waals surface area contributed by atoms with Gasteiger partial charge in [0.2, 0.25) is 0 Å². The summed E-state index contributed by atoms with van der Waals surface area (Å²) in [5.74, 6) is 1.98. The van der Waals surface area contributed by atoms with Crippen LogP contribution in [0.5, 0.6) is 0 Å². The molecule has 172 valence electrons. The third kappa shape index (κ3) is 13.9. The van der Waals surface area contributed by atoms with Gasteiger partial charge >= 0.3 is 6.09 Å². The number of guanidine groups is 1. The van der Waals surface area contributed by atoms with Gasteiger partial charge in [-0.2, -0.15) is 11.8 Å². The number of nitrogens with one attached hydrogen (secondary N) is 2. The van der Waals surface area contributed by atoms with E-state index in [4.69, 9.17) is 4.74 Å². The quantitative estimate of drug-likeness (QED) is 0.186. The van der Waals surface area contributed by atoms with Crippen LogP contribution in [0.2, 0.25) is 0 Å². The van der Waals surface area contributed by atoms with E-state index in [1.54, 1.807) is 24.3 Å². The lowest BCUT2D eigenvalue weighted by Gasteiger charge is -2.27. The van der Waals surface area contributed by atoms with Gasteiger partial charge in [-0.3, -0.25) is 9.98 Å². The fourth-order valence-electron chi connectivity index (χ4n) is 2.55. The lowest BCUT2D eigenvalue weighted by atomic mass is 10.2. The van der Waals surface area contributed by atoms with Crippen molar-refractivity contribution in [1.29, 1.82) is 0 Å². The van der Waals surface area contributed by atoms with E-state index in [2.05, 4.69) is 26.9 Å². The van der Waals surface area contributed by atoms with E-state index in [0.29, 0.717) is 13.1 Å². The number of nitrogens with zero attached hydrogens (tertiary/aromatic N) is 3. The standard InChI is InChI=1S/C21H37N5O2S.HI/c1-21(2,3)28-20(27)26(17-18-10-8-11-23-16-18)14-9-13-25-19(22-4)24-12-6-7-15-29-5;/h8,10-11,16H,6-7,9,12-15,17H2,1-5H3,(H2,22,24,25);1H. The Morgan fingerprint density at radius 3 is 2.50 bits per heavy atom. The average molecular weight is 552 g/mol. The summed E-state index contributed by atoms with van der Waals surface area (Å²) in [6, 6.07) is 3.84. The minimum Gasteiger partial charge on any atom is -0.444 e. The largest absolute Gasteiger partial charge is 0.444 e. The van der Waals surface area contributed by atoms with E-state index in [1.165, 1.54) is 12.2 Å². The van der Waals surface area contributed by atoms with Gasteiger partial charge in [-0.15, -0.1) is 24.0 Å². The summed E-state index contributed by atoms with van der Waals surface area (Å²) >= 11 is 1.87. The number of carbonyl (C=O) groups is 1. The fraction of sp³-hybridized carbons (Fsp3) is 0.667. The van der Waals surface area contributed by atoms with Gasteiger partial charge in [0.15, 0.2) is 5.96 Å². The Morgan fingerprint density at radius 2 is 1.93 bits per heavy atom. The molecule has 0 saturated carbocycles. The van der Waals surface area contributed by atoms with Crippen molar-refractivity contribution in [2.24, 2.45) is 4.99 Å². The van der Waals surface area contributed by atoms with Crippen molar-refractivity contribution in [1.82, 2.24) is 20.5 Å². The molecule has 0 saturated heterocycles. The summed E-state index contributed by atoms with van der Waals surface area (Å²) in [7, 11) is 1.77. The first kappa shape index (κ1) is 28.8. The van der Waals surface area contributed by atoms with E-state index in [0.717, 1.165) is 37.5 Å². The Kier molecular flexibility index (Phi) is 15.8. The Labute approximate surface area is 203 Å². The molecule has 2 N–H and O–H groups in total. The highest BCUT2D eigenvalue weighted by molar-refractivity contribution is 14.0. The molecule has 0 bridgehead atoms. The number of hydrogen-bond acceptors (Lipinski definition) is 5. The molecule has 30 heavy (non-hydrogen) atoms. The first-order chi connectivity index (χ1) is 13.9. The Hall–Kier alpha value is -1.23. The number of hydrogen-bond donors (Lipinski definition) is 2. The van der Waals surface area contributed by atoms with Crippen LogP contribution < -0.4 is 10.6 Å². The highest BCUT2D eigenvalue weighted by Crippen LogP contribution is 2.12. The van der Waals surface area contributed by atoms with Gasteiger partial charge in [0.25, 0.3) is 0 Å². The van der Waals surface area contributed by atoms with Crippen LogP contribution in [-0.2, 0) is 11.3 Å². The van der Waals surface area contributed by atoms with E-state index in [-0.39, 0.29) is 30.1 Å². The van der Waals surface area contributed by atoms with Gasteiger partial charge < -0.3 is 20.3 Å². The number of carbonyl (C=O) groups excluding carboxylic acids is 1. The summed E-state index contributed by atoms with van der Waals surface area (Å²) in [6.07, 6.45) is 8.43. The molecule has 0 aliphatic carbocycles. The molecule has 0 fully saturated rings. The van der Waals surface area contributed by atoms with Gasteiger partial charge in [0, 0.05) is 39.1 Å². The molecule has 1 aromatic rings. The lowest BCUT2D eigenvalue weighted by molar-refractivity contribution is 0.0232. The maximum absolute atomic E-state index is 12.6. The maximum atomic E-state index is 12.6. The highest BCUT2D eigenvalue weighted by Gasteiger charge is 2.22. The number of ether oxygens (including phenoxy) is 1. The van der Waals surface area contributed by atoms with Crippen molar-refractivity contribution in [3.63, 3.8) is 0 Å². The molecule has 1 heterocycles. The summed E-state index contributed by atoms with van der Waals surface area (Å²) in [4.78, 5) is 22.7. The minimum absolute atomic E-state index is 0. The number of aliphatic imine (C=N–C) groups is 1. The number of thioether (sulfide) groups is 1. The van der Waals surface area contributed by atoms with Crippen LogP contribution in [0.1, 0.15) is 45.6 Å². The first-order valence-corrected chi connectivity index (χ1v) is 11.6. The zero-order valence-corrected chi connectivity index (χ0v) is 22.1. The second kappa shape index (κ2) is 16.5. The second-order valence-electron chi connectivity index (χ2n) is 7.74. The third-order valence-corrected chi connectivity index (χ3v) is 4.63. The predicted octanol–water partition coefficient (Wildman–Crippen LogP) is 4.14. The molecule has 0 aromatic carbocycles. The monoisotopic (exact) mass is 551 g/mol. The number of halogens is 1. The number of aromatic nitrogens is 1. The van der Waals surface area contributed by atoms with Gasteiger partial charge in [-0.05, 0) is 63.7 Å². The molecular weight excluding hydrogens is 513 g/mol. The molecule has 0 atom stereocenters. The lowest BCUT2D eigenvalue weighted by Crippen LogP contribution is -2.40. The SMILES string of the molecule is CN=C(NCCCCSC)NCCCN(Cc1cccnc1)C(=O)OC(C)(C)C.I. The van der Waals surface area contributed by atoms with Crippen LogP contribution in [0, 0.1) is 0 Å². The van der Waals surface area contributed by atoms with E-state index < -0.39 is 5.60 Å². The van der Waals surface area contributed by atoms with Gasteiger partial charge in [-0.1, -0.05) is 6.07 Å². The molecule has 0 radical (unpaired) electrons. The molecule has 1 aromatic heterocycles. The molecule has 1 rings (SSSR count). The normalized spacial score (nSPS) is 11.4. The van der Waals surface area contributed by atoms with E-state index in [1.807, 2.05) is 44.7 Å². The number of rotatable bonds is 11. The van der Waals surface area contributed by atoms with Gasteiger partial charge in [0.1, 0.15) is 5.60 Å². The van der Waals surface area contributed by atoms with Crippen LogP contribution in [0.15, 0.2) is 29.5 Å².